The fraction of sp³-hybridized carbons (Fsp3) is 0.450. The van der Waals surface area contributed by atoms with Crippen molar-refractivity contribution in [1.29, 1.82) is 0 Å². The minimum Gasteiger partial charge on any atom is -0.481 e. The van der Waals surface area contributed by atoms with Crippen LogP contribution in [0.3, 0.4) is 0 Å². The molecule has 0 bridgehead atoms. The third kappa shape index (κ3) is 5.16. The summed E-state index contributed by atoms with van der Waals surface area (Å²) in [5.41, 5.74) is 0.947. The molecule has 1 aromatic heterocycles. The van der Waals surface area contributed by atoms with Crippen molar-refractivity contribution in [2.24, 2.45) is 5.92 Å². The number of carbonyl (C=O) groups excluding carboxylic acids is 1. The van der Waals surface area contributed by atoms with Crippen molar-refractivity contribution in [3.63, 3.8) is 0 Å². The maximum atomic E-state index is 14.1. The highest BCUT2D eigenvalue weighted by Gasteiger charge is 2.23. The standard InChI is InChI=1S/C20H25FN4O3/c1-14-11-18(25(23-14)17-7-3-2-6-16(17)21)22-19(26)13-24-10-4-5-15(12-24)8-9-20(27)28/h2-3,6-7,11,15H,4-5,8-10,12-13H2,1H3,(H,22,26)(H,27,28). The van der Waals surface area contributed by atoms with Gasteiger partial charge >= 0.3 is 5.97 Å². The molecular formula is C20H25FN4O3. The Bertz CT molecular complexity index is 852. The molecule has 1 saturated heterocycles. The highest BCUT2D eigenvalue weighted by Crippen LogP contribution is 2.22. The van der Waals surface area contributed by atoms with Crippen LogP contribution >= 0.6 is 0 Å². The van der Waals surface area contributed by atoms with Gasteiger partial charge < -0.3 is 10.4 Å². The number of piperidine rings is 1. The van der Waals surface area contributed by atoms with E-state index in [0.717, 1.165) is 19.4 Å². The van der Waals surface area contributed by atoms with E-state index in [4.69, 9.17) is 5.11 Å². The van der Waals surface area contributed by atoms with E-state index in [1.165, 1.54) is 10.7 Å². The van der Waals surface area contributed by atoms with Crippen LogP contribution in [0.15, 0.2) is 30.3 Å². The van der Waals surface area contributed by atoms with E-state index in [1.807, 2.05) is 4.90 Å². The van der Waals surface area contributed by atoms with Crippen molar-refractivity contribution < 1.29 is 19.1 Å². The number of hydrogen-bond donors (Lipinski definition) is 2. The molecule has 28 heavy (non-hydrogen) atoms. The monoisotopic (exact) mass is 388 g/mol. The number of para-hydroxylation sites is 1. The molecule has 1 amide bonds. The number of carboxylic acids is 1. The number of hydrogen-bond acceptors (Lipinski definition) is 4. The summed E-state index contributed by atoms with van der Waals surface area (Å²) in [5, 5.41) is 16.0. The SMILES string of the molecule is Cc1cc(NC(=O)CN2CCCC(CCC(=O)O)C2)n(-c2ccccc2F)n1. The molecule has 1 aliphatic heterocycles. The van der Waals surface area contributed by atoms with Gasteiger partial charge in [0.15, 0.2) is 0 Å². The van der Waals surface area contributed by atoms with Crippen LogP contribution < -0.4 is 5.32 Å². The van der Waals surface area contributed by atoms with E-state index in [9.17, 15) is 14.0 Å². The summed E-state index contributed by atoms with van der Waals surface area (Å²) in [6, 6.07) is 7.98. The molecule has 1 aliphatic rings. The number of benzene rings is 1. The number of carboxylic acid groups (broad SMARTS) is 1. The van der Waals surface area contributed by atoms with Gasteiger partial charge in [0.25, 0.3) is 0 Å². The molecule has 0 spiro atoms. The van der Waals surface area contributed by atoms with Crippen LogP contribution in [0.5, 0.6) is 0 Å². The smallest absolute Gasteiger partial charge is 0.303 e. The quantitative estimate of drug-likeness (QED) is 0.762. The van der Waals surface area contributed by atoms with Crippen LogP contribution in [0.25, 0.3) is 5.69 Å². The molecule has 0 saturated carbocycles. The number of anilines is 1. The lowest BCUT2D eigenvalue weighted by molar-refractivity contribution is -0.137. The Morgan fingerprint density at radius 3 is 2.89 bits per heavy atom. The molecule has 3 rings (SSSR count). The lowest BCUT2D eigenvalue weighted by atomic mass is 9.93. The van der Waals surface area contributed by atoms with Crippen molar-refractivity contribution in [3.8, 4) is 5.69 Å². The predicted octanol–water partition coefficient (Wildman–Crippen LogP) is 2.84. The lowest BCUT2D eigenvalue weighted by Crippen LogP contribution is -2.40. The van der Waals surface area contributed by atoms with E-state index in [1.54, 1.807) is 31.2 Å². The minimum absolute atomic E-state index is 0.159. The van der Waals surface area contributed by atoms with Gasteiger partial charge in [0, 0.05) is 19.0 Å². The van der Waals surface area contributed by atoms with Crippen LogP contribution in [-0.4, -0.2) is 51.3 Å². The second kappa shape index (κ2) is 8.97. The van der Waals surface area contributed by atoms with Gasteiger partial charge in [0.2, 0.25) is 5.91 Å². The minimum atomic E-state index is -0.786. The number of rotatable bonds is 7. The van der Waals surface area contributed by atoms with E-state index in [-0.39, 0.29) is 24.6 Å². The summed E-state index contributed by atoms with van der Waals surface area (Å²) in [4.78, 5) is 25.4. The van der Waals surface area contributed by atoms with Gasteiger partial charge in [0.05, 0.1) is 12.2 Å². The highest BCUT2D eigenvalue weighted by molar-refractivity contribution is 5.91. The van der Waals surface area contributed by atoms with Crippen molar-refractivity contribution in [1.82, 2.24) is 14.7 Å². The van der Waals surface area contributed by atoms with Gasteiger partial charge in [-0.2, -0.15) is 5.10 Å². The number of aryl methyl sites for hydroxylation is 1. The first-order chi connectivity index (χ1) is 13.4. The van der Waals surface area contributed by atoms with E-state index in [0.29, 0.717) is 30.4 Å². The van der Waals surface area contributed by atoms with Crippen LogP contribution in [-0.2, 0) is 9.59 Å². The number of aromatic nitrogens is 2. The second-order valence-corrected chi connectivity index (χ2v) is 7.26. The molecule has 2 aromatic rings. The molecule has 0 aliphatic carbocycles. The topological polar surface area (TPSA) is 87.5 Å². The number of aliphatic carboxylic acids is 1. The van der Waals surface area contributed by atoms with Gasteiger partial charge in [-0.05, 0) is 50.8 Å². The molecule has 7 nitrogen and oxygen atoms in total. The zero-order valence-corrected chi connectivity index (χ0v) is 15.9. The number of amides is 1. The zero-order chi connectivity index (χ0) is 20.1. The van der Waals surface area contributed by atoms with Gasteiger partial charge in [-0.3, -0.25) is 14.5 Å². The molecule has 0 radical (unpaired) electrons. The Labute approximate surface area is 163 Å². The summed E-state index contributed by atoms with van der Waals surface area (Å²) in [5.74, 6) is -0.683. The first kappa shape index (κ1) is 20.0. The molecule has 1 atom stereocenters. The average Bonchev–Trinajstić information content (AvgIpc) is 3.00. The maximum absolute atomic E-state index is 14.1. The van der Waals surface area contributed by atoms with Crippen LogP contribution in [0, 0.1) is 18.7 Å². The number of carbonyl (C=O) groups is 2. The Kier molecular flexibility index (Phi) is 6.41. The molecule has 2 heterocycles. The Hall–Kier alpha value is -2.74. The number of likely N-dealkylation sites (tertiary alicyclic amines) is 1. The maximum Gasteiger partial charge on any atom is 0.303 e. The molecule has 1 aromatic carbocycles. The zero-order valence-electron chi connectivity index (χ0n) is 15.9. The predicted molar refractivity (Wildman–Crippen MR) is 103 cm³/mol. The van der Waals surface area contributed by atoms with Crippen molar-refractivity contribution in [3.05, 3.63) is 41.8 Å². The fourth-order valence-electron chi connectivity index (χ4n) is 3.64. The summed E-state index contributed by atoms with van der Waals surface area (Å²) in [6.07, 6.45) is 2.73. The summed E-state index contributed by atoms with van der Waals surface area (Å²) >= 11 is 0. The number of halogens is 1. The van der Waals surface area contributed by atoms with Gasteiger partial charge in [0.1, 0.15) is 17.3 Å². The Balaban J connectivity index is 1.63. The molecule has 2 N–H and O–H groups in total. The van der Waals surface area contributed by atoms with Gasteiger partial charge in [-0.25, -0.2) is 9.07 Å². The van der Waals surface area contributed by atoms with Crippen molar-refractivity contribution >= 4 is 17.7 Å². The normalized spacial score (nSPS) is 17.4. The van der Waals surface area contributed by atoms with Crippen LogP contribution in [0.1, 0.15) is 31.4 Å². The van der Waals surface area contributed by atoms with E-state index >= 15 is 0 Å². The van der Waals surface area contributed by atoms with Crippen LogP contribution in [0.2, 0.25) is 0 Å². The Morgan fingerprint density at radius 2 is 2.14 bits per heavy atom. The van der Waals surface area contributed by atoms with E-state index in [2.05, 4.69) is 10.4 Å². The number of nitrogens with zero attached hydrogens (tertiary/aromatic N) is 3. The van der Waals surface area contributed by atoms with E-state index < -0.39 is 11.8 Å². The first-order valence-electron chi connectivity index (χ1n) is 9.48. The second-order valence-electron chi connectivity index (χ2n) is 7.26. The molecule has 150 valence electrons. The summed E-state index contributed by atoms with van der Waals surface area (Å²) < 4.78 is 15.5. The third-order valence-electron chi connectivity index (χ3n) is 4.92. The van der Waals surface area contributed by atoms with Gasteiger partial charge in [-0.1, -0.05) is 12.1 Å². The molecule has 1 fully saturated rings. The fourth-order valence-corrected chi connectivity index (χ4v) is 3.64. The van der Waals surface area contributed by atoms with Crippen LogP contribution in [0.4, 0.5) is 10.2 Å². The Morgan fingerprint density at radius 1 is 1.36 bits per heavy atom. The molecular weight excluding hydrogens is 363 g/mol. The first-order valence-corrected chi connectivity index (χ1v) is 9.48. The number of nitrogens with one attached hydrogen (secondary N) is 1. The molecule has 8 heteroatoms. The lowest BCUT2D eigenvalue weighted by Gasteiger charge is -2.32. The summed E-state index contributed by atoms with van der Waals surface area (Å²) in [7, 11) is 0. The third-order valence-corrected chi connectivity index (χ3v) is 4.92. The molecule has 1 unspecified atom stereocenters. The largest absolute Gasteiger partial charge is 0.481 e. The van der Waals surface area contributed by atoms with Crippen molar-refractivity contribution in [2.75, 3.05) is 25.0 Å². The van der Waals surface area contributed by atoms with Gasteiger partial charge in [-0.15, -0.1) is 0 Å². The average molecular weight is 388 g/mol. The highest BCUT2D eigenvalue weighted by atomic mass is 19.1. The van der Waals surface area contributed by atoms with Crippen molar-refractivity contribution in [2.45, 2.75) is 32.6 Å². The summed E-state index contributed by atoms with van der Waals surface area (Å²) in [6.45, 7) is 3.52.